The highest BCUT2D eigenvalue weighted by molar-refractivity contribution is 5.72. The number of hydrogen-bond donors (Lipinski definition) is 0. The molecule has 1 heterocycles. The summed E-state index contributed by atoms with van der Waals surface area (Å²) in [6.45, 7) is 4.17. The number of rotatable bonds is 2. The summed E-state index contributed by atoms with van der Waals surface area (Å²) in [5.74, 6) is 0.511. The first-order valence-electron chi connectivity index (χ1n) is 8.68. The maximum Gasteiger partial charge on any atom is 0.123 e. The van der Waals surface area contributed by atoms with Crippen molar-refractivity contribution in [1.29, 1.82) is 0 Å². The lowest BCUT2D eigenvalue weighted by atomic mass is 9.76. The van der Waals surface area contributed by atoms with Crippen LogP contribution in [0.2, 0.25) is 0 Å². The van der Waals surface area contributed by atoms with Crippen molar-refractivity contribution < 1.29 is 4.39 Å². The molecule has 0 radical (unpaired) electrons. The van der Waals surface area contributed by atoms with Crippen LogP contribution in [0, 0.1) is 12.7 Å². The molecule has 1 saturated carbocycles. The molecule has 2 aromatic rings. The van der Waals surface area contributed by atoms with Crippen LogP contribution in [-0.2, 0) is 5.54 Å². The minimum absolute atomic E-state index is 0.187. The summed E-state index contributed by atoms with van der Waals surface area (Å²) >= 11 is 0. The van der Waals surface area contributed by atoms with E-state index in [9.17, 15) is 4.39 Å². The molecule has 1 atom stereocenters. The van der Waals surface area contributed by atoms with Gasteiger partial charge in [-0.05, 0) is 67.5 Å². The van der Waals surface area contributed by atoms with Gasteiger partial charge in [0.15, 0.2) is 0 Å². The standard InChI is InChI=1S/C21H23FN2/c1-14-11-17(22)8-10-18(14)21(2)19-9-7-16(15-5-4-6-15)12-20(19)23-13-24(21)3/h7-13,15H,4-6H2,1-3H3. The summed E-state index contributed by atoms with van der Waals surface area (Å²) in [4.78, 5) is 6.79. The number of aryl methyl sites for hydroxylation is 1. The zero-order chi connectivity index (χ0) is 16.9. The lowest BCUT2D eigenvalue weighted by Crippen LogP contribution is -2.43. The average Bonchev–Trinajstić information content (AvgIpc) is 2.49. The molecule has 1 aliphatic heterocycles. The molecule has 124 valence electrons. The van der Waals surface area contributed by atoms with Gasteiger partial charge in [-0.2, -0.15) is 0 Å². The molecule has 0 saturated heterocycles. The van der Waals surface area contributed by atoms with Crippen molar-refractivity contribution in [1.82, 2.24) is 4.90 Å². The van der Waals surface area contributed by atoms with Crippen LogP contribution < -0.4 is 0 Å². The number of halogens is 1. The minimum Gasteiger partial charge on any atom is -0.352 e. The monoisotopic (exact) mass is 322 g/mol. The number of aliphatic imine (C=N–C) groups is 1. The Labute approximate surface area is 143 Å². The SMILES string of the molecule is Cc1cc(F)ccc1C1(C)c2ccc(C3CCC3)cc2N=CN1C. The summed E-state index contributed by atoms with van der Waals surface area (Å²) < 4.78 is 13.6. The molecule has 0 N–H and O–H groups in total. The van der Waals surface area contributed by atoms with Gasteiger partial charge in [-0.15, -0.1) is 0 Å². The van der Waals surface area contributed by atoms with Crippen molar-refractivity contribution in [2.45, 2.75) is 44.6 Å². The quantitative estimate of drug-likeness (QED) is 0.735. The highest BCUT2D eigenvalue weighted by Crippen LogP contribution is 2.45. The number of hydrogen-bond acceptors (Lipinski definition) is 2. The smallest absolute Gasteiger partial charge is 0.123 e. The Morgan fingerprint density at radius 1 is 1.12 bits per heavy atom. The van der Waals surface area contributed by atoms with Gasteiger partial charge in [0.25, 0.3) is 0 Å². The van der Waals surface area contributed by atoms with Crippen molar-refractivity contribution in [3.05, 3.63) is 64.5 Å². The molecule has 0 aromatic heterocycles. The summed E-state index contributed by atoms with van der Waals surface area (Å²) in [5.41, 5.74) is 5.38. The average molecular weight is 322 g/mol. The summed E-state index contributed by atoms with van der Waals surface area (Å²) in [6, 6.07) is 11.8. The van der Waals surface area contributed by atoms with E-state index in [0.29, 0.717) is 5.92 Å². The first-order valence-corrected chi connectivity index (χ1v) is 8.68. The van der Waals surface area contributed by atoms with Crippen LogP contribution in [0.25, 0.3) is 0 Å². The Bertz CT molecular complexity index is 823. The van der Waals surface area contributed by atoms with E-state index >= 15 is 0 Å². The molecule has 0 amide bonds. The van der Waals surface area contributed by atoms with Crippen molar-refractivity contribution >= 4 is 12.0 Å². The van der Waals surface area contributed by atoms with Crippen LogP contribution in [0.5, 0.6) is 0 Å². The van der Waals surface area contributed by atoms with Gasteiger partial charge in [0, 0.05) is 12.6 Å². The first-order chi connectivity index (χ1) is 11.5. The fourth-order valence-corrected chi connectivity index (χ4v) is 4.03. The van der Waals surface area contributed by atoms with Crippen molar-refractivity contribution in [2.24, 2.45) is 4.99 Å². The molecule has 24 heavy (non-hydrogen) atoms. The maximum absolute atomic E-state index is 13.6. The molecule has 1 unspecified atom stereocenters. The largest absolute Gasteiger partial charge is 0.352 e. The van der Waals surface area contributed by atoms with Gasteiger partial charge in [0.05, 0.1) is 17.6 Å². The van der Waals surface area contributed by atoms with Crippen molar-refractivity contribution in [3.8, 4) is 0 Å². The Balaban J connectivity index is 1.85. The van der Waals surface area contributed by atoms with Gasteiger partial charge in [0.2, 0.25) is 0 Å². The van der Waals surface area contributed by atoms with E-state index in [2.05, 4.69) is 35.0 Å². The fraction of sp³-hybridized carbons (Fsp3) is 0.381. The highest BCUT2D eigenvalue weighted by Gasteiger charge is 2.38. The van der Waals surface area contributed by atoms with Crippen LogP contribution in [0.4, 0.5) is 10.1 Å². The second kappa shape index (κ2) is 5.44. The predicted octanol–water partition coefficient (Wildman–Crippen LogP) is 5.27. The second-order valence-corrected chi connectivity index (χ2v) is 7.29. The molecule has 0 bridgehead atoms. The Morgan fingerprint density at radius 3 is 2.54 bits per heavy atom. The zero-order valence-corrected chi connectivity index (χ0v) is 14.5. The Morgan fingerprint density at radius 2 is 1.88 bits per heavy atom. The van der Waals surface area contributed by atoms with E-state index < -0.39 is 0 Å². The number of nitrogens with zero attached hydrogens (tertiary/aromatic N) is 2. The summed E-state index contributed by atoms with van der Waals surface area (Å²) in [5, 5.41) is 0. The summed E-state index contributed by atoms with van der Waals surface area (Å²) in [6.07, 6.45) is 5.81. The second-order valence-electron chi connectivity index (χ2n) is 7.29. The molecule has 4 rings (SSSR count). The molecule has 2 aromatic carbocycles. The van der Waals surface area contributed by atoms with Gasteiger partial charge in [-0.1, -0.05) is 24.6 Å². The predicted molar refractivity (Wildman–Crippen MR) is 96.5 cm³/mol. The van der Waals surface area contributed by atoms with Crippen LogP contribution in [0.1, 0.15) is 54.4 Å². The zero-order valence-electron chi connectivity index (χ0n) is 14.5. The highest BCUT2D eigenvalue weighted by atomic mass is 19.1. The van der Waals surface area contributed by atoms with E-state index in [1.807, 2.05) is 26.4 Å². The van der Waals surface area contributed by atoms with Crippen LogP contribution in [-0.4, -0.2) is 18.3 Å². The van der Waals surface area contributed by atoms with E-state index in [-0.39, 0.29) is 11.4 Å². The topological polar surface area (TPSA) is 15.6 Å². The van der Waals surface area contributed by atoms with Crippen molar-refractivity contribution in [3.63, 3.8) is 0 Å². The number of benzene rings is 2. The van der Waals surface area contributed by atoms with E-state index in [4.69, 9.17) is 0 Å². The Hall–Kier alpha value is -2.16. The minimum atomic E-state index is -0.340. The molecule has 1 aliphatic carbocycles. The third-order valence-corrected chi connectivity index (χ3v) is 5.91. The van der Waals surface area contributed by atoms with E-state index in [1.165, 1.54) is 30.4 Å². The lowest BCUT2D eigenvalue weighted by molar-refractivity contribution is 0.290. The van der Waals surface area contributed by atoms with Crippen LogP contribution >= 0.6 is 0 Å². The fourth-order valence-electron chi connectivity index (χ4n) is 4.03. The normalized spacial score (nSPS) is 23.1. The Kier molecular flexibility index (Phi) is 3.48. The molecule has 2 nitrogen and oxygen atoms in total. The lowest BCUT2D eigenvalue weighted by Gasteiger charge is -2.43. The molecule has 3 heteroatoms. The van der Waals surface area contributed by atoms with E-state index in [1.54, 1.807) is 12.1 Å². The van der Waals surface area contributed by atoms with Gasteiger partial charge in [-0.3, -0.25) is 0 Å². The van der Waals surface area contributed by atoms with Crippen LogP contribution in [0.15, 0.2) is 41.4 Å². The molecular weight excluding hydrogens is 299 g/mol. The van der Waals surface area contributed by atoms with Gasteiger partial charge >= 0.3 is 0 Å². The third kappa shape index (κ3) is 2.18. The molecular formula is C21H23FN2. The first kappa shape index (κ1) is 15.4. The number of fused-ring (bicyclic) bond motifs is 1. The molecule has 1 fully saturated rings. The van der Waals surface area contributed by atoms with Gasteiger partial charge < -0.3 is 4.90 Å². The van der Waals surface area contributed by atoms with Crippen LogP contribution in [0.3, 0.4) is 0 Å². The van der Waals surface area contributed by atoms with Gasteiger partial charge in [-0.25, -0.2) is 9.38 Å². The molecule has 2 aliphatic rings. The summed E-state index contributed by atoms with van der Waals surface area (Å²) in [7, 11) is 2.04. The molecule has 0 spiro atoms. The van der Waals surface area contributed by atoms with E-state index in [0.717, 1.165) is 16.8 Å². The van der Waals surface area contributed by atoms with Crippen molar-refractivity contribution in [2.75, 3.05) is 7.05 Å². The third-order valence-electron chi connectivity index (χ3n) is 5.91. The maximum atomic E-state index is 13.6. The van der Waals surface area contributed by atoms with Gasteiger partial charge in [0.1, 0.15) is 5.82 Å².